The van der Waals surface area contributed by atoms with Crippen LogP contribution in [0.2, 0.25) is 0 Å². The van der Waals surface area contributed by atoms with Gasteiger partial charge >= 0.3 is 0 Å². The number of nitrogens with zero attached hydrogens (tertiary/aromatic N) is 3. The smallest absolute Gasteiger partial charge is 0.253 e. The lowest BCUT2D eigenvalue weighted by atomic mass is 10.1. The number of phenols is 1. The molecule has 1 aliphatic rings. The third-order valence-corrected chi connectivity index (χ3v) is 5.35. The van der Waals surface area contributed by atoms with E-state index in [2.05, 4.69) is 9.82 Å². The Bertz CT molecular complexity index is 1080. The van der Waals surface area contributed by atoms with Crippen LogP contribution in [0.4, 0.5) is 14.5 Å². The zero-order valence-electron chi connectivity index (χ0n) is 14.3. The summed E-state index contributed by atoms with van der Waals surface area (Å²) in [5.41, 5.74) is 1.07. The first-order valence-electron chi connectivity index (χ1n) is 8.20. The summed E-state index contributed by atoms with van der Waals surface area (Å²) in [6.45, 7) is 0.0335. The van der Waals surface area contributed by atoms with E-state index in [0.717, 1.165) is 9.87 Å². The molecule has 0 aliphatic carbocycles. The number of carbonyl (C=O) groups is 1. The first-order chi connectivity index (χ1) is 13.4. The molecular weight excluding hydrogens is 390 g/mol. The maximum atomic E-state index is 15.1. The molecule has 7 nitrogen and oxygen atoms in total. The predicted molar refractivity (Wildman–Crippen MR) is 98.4 cm³/mol. The second kappa shape index (κ2) is 7.04. The number of hydrogen-bond acceptors (Lipinski definition) is 4. The molecule has 1 aliphatic heterocycles. The van der Waals surface area contributed by atoms with E-state index in [1.807, 2.05) is 0 Å². The topological polar surface area (TPSA) is 87.5 Å². The van der Waals surface area contributed by atoms with E-state index >= 15 is 4.39 Å². The molecule has 4 rings (SSSR count). The molecule has 0 radical (unpaired) electrons. The summed E-state index contributed by atoms with van der Waals surface area (Å²) in [7, 11) is 0. The Morgan fingerprint density at radius 3 is 2.61 bits per heavy atom. The fourth-order valence-corrected chi connectivity index (χ4v) is 3.86. The van der Waals surface area contributed by atoms with Crippen molar-refractivity contribution in [2.75, 3.05) is 10.8 Å². The van der Waals surface area contributed by atoms with Gasteiger partial charge in [0.05, 0.1) is 12.7 Å². The van der Waals surface area contributed by atoms with Crippen molar-refractivity contribution in [1.29, 1.82) is 0 Å². The summed E-state index contributed by atoms with van der Waals surface area (Å²) in [6.07, 6.45) is 3.06. The molecule has 2 aromatic carbocycles. The number of halogens is 2. The molecule has 1 aromatic heterocycles. The van der Waals surface area contributed by atoms with Crippen molar-refractivity contribution in [2.45, 2.75) is 6.54 Å². The predicted octanol–water partition coefficient (Wildman–Crippen LogP) is 2.10. The molecule has 1 saturated heterocycles. The van der Waals surface area contributed by atoms with E-state index < -0.39 is 28.6 Å². The van der Waals surface area contributed by atoms with Gasteiger partial charge in [-0.25, -0.2) is 13.0 Å². The number of amides is 1. The lowest BCUT2D eigenvalue weighted by Crippen LogP contribution is -2.23. The largest absolute Gasteiger partial charge is 0.506 e. The van der Waals surface area contributed by atoms with Crippen molar-refractivity contribution < 1.29 is 22.9 Å². The molecule has 144 valence electrons. The van der Waals surface area contributed by atoms with Gasteiger partial charge in [0.1, 0.15) is 23.8 Å². The number of phenolic OH excluding ortho intramolecular Hbond substituents is 1. The quantitative estimate of drug-likeness (QED) is 0.697. The van der Waals surface area contributed by atoms with Crippen LogP contribution in [-0.4, -0.2) is 31.5 Å². The Hall–Kier alpha value is -3.27. The minimum atomic E-state index is -1.97. The van der Waals surface area contributed by atoms with Crippen molar-refractivity contribution in [3.05, 3.63) is 66.0 Å². The zero-order chi connectivity index (χ0) is 19.8. The molecule has 1 atom stereocenters. The highest BCUT2D eigenvalue weighted by atomic mass is 32.2. The highest BCUT2D eigenvalue weighted by molar-refractivity contribution is 7.85. The third kappa shape index (κ3) is 3.33. The molecular formula is C18H14F2N4O3S. The first-order valence-corrected chi connectivity index (χ1v) is 9.30. The van der Waals surface area contributed by atoms with Crippen LogP contribution < -0.4 is 9.03 Å². The Balaban J connectivity index is 1.66. The zero-order valence-corrected chi connectivity index (χ0v) is 15.1. The number of rotatable bonds is 4. The molecule has 0 saturated carbocycles. The van der Waals surface area contributed by atoms with Crippen LogP contribution >= 0.6 is 0 Å². The van der Waals surface area contributed by atoms with Crippen molar-refractivity contribution >= 4 is 22.8 Å². The molecule has 1 unspecified atom stereocenters. The van der Waals surface area contributed by atoms with Gasteiger partial charge in [0.2, 0.25) is 11.2 Å². The summed E-state index contributed by atoms with van der Waals surface area (Å²) in [6, 6.07) is 8.59. The SMILES string of the molecule is O=C1CN(c2c(O)ccc(-c3cnn(Cc4ccc(F)cc4)c3)c2F)S(=O)N1. The maximum absolute atomic E-state index is 15.1. The monoisotopic (exact) mass is 404 g/mol. The van der Waals surface area contributed by atoms with Crippen LogP contribution in [0.15, 0.2) is 48.8 Å². The van der Waals surface area contributed by atoms with Crippen molar-refractivity contribution in [3.8, 4) is 16.9 Å². The van der Waals surface area contributed by atoms with Crippen molar-refractivity contribution in [2.24, 2.45) is 0 Å². The van der Waals surface area contributed by atoms with Crippen molar-refractivity contribution in [1.82, 2.24) is 14.5 Å². The summed E-state index contributed by atoms with van der Waals surface area (Å²) in [5, 5.41) is 14.2. The van der Waals surface area contributed by atoms with Gasteiger partial charge in [-0.05, 0) is 29.8 Å². The van der Waals surface area contributed by atoms with Crippen LogP contribution in [0.1, 0.15) is 5.56 Å². The summed E-state index contributed by atoms with van der Waals surface area (Å²) < 4.78 is 44.7. The molecule has 2 heterocycles. The Kier molecular flexibility index (Phi) is 4.55. The first kappa shape index (κ1) is 18.1. The highest BCUT2D eigenvalue weighted by Gasteiger charge is 2.32. The molecule has 10 heteroatoms. The van der Waals surface area contributed by atoms with Gasteiger partial charge in [0.25, 0.3) is 5.91 Å². The molecule has 0 bridgehead atoms. The number of benzene rings is 2. The van der Waals surface area contributed by atoms with Crippen LogP contribution in [0.3, 0.4) is 0 Å². The molecule has 3 aromatic rings. The van der Waals surface area contributed by atoms with E-state index in [4.69, 9.17) is 0 Å². The van der Waals surface area contributed by atoms with E-state index in [1.54, 1.807) is 23.0 Å². The van der Waals surface area contributed by atoms with Gasteiger partial charge < -0.3 is 5.11 Å². The molecule has 28 heavy (non-hydrogen) atoms. The standard InChI is InChI=1S/C18H14F2N4O3S/c19-13-3-1-11(2-4-13)8-23-9-12(7-21-23)14-5-6-15(25)18(17(14)20)24-10-16(26)22-28(24)27/h1-7,9,25H,8,10H2,(H,22,26). The number of carbonyl (C=O) groups excluding carboxylic acids is 1. The minimum Gasteiger partial charge on any atom is -0.506 e. The average Bonchev–Trinajstić information content (AvgIpc) is 3.23. The van der Waals surface area contributed by atoms with Crippen molar-refractivity contribution in [3.63, 3.8) is 0 Å². The molecule has 0 spiro atoms. The van der Waals surface area contributed by atoms with Crippen LogP contribution in [0.5, 0.6) is 5.75 Å². The lowest BCUT2D eigenvalue weighted by molar-refractivity contribution is -0.117. The Morgan fingerprint density at radius 2 is 1.93 bits per heavy atom. The van der Waals surface area contributed by atoms with E-state index in [-0.39, 0.29) is 23.6 Å². The Labute approximate surface area is 160 Å². The number of nitrogens with one attached hydrogen (secondary N) is 1. The summed E-state index contributed by atoms with van der Waals surface area (Å²) >= 11 is -1.97. The number of hydrogen-bond donors (Lipinski definition) is 2. The van der Waals surface area contributed by atoms with Gasteiger partial charge in [-0.1, -0.05) is 12.1 Å². The molecule has 2 N–H and O–H groups in total. The van der Waals surface area contributed by atoms with Crippen LogP contribution in [0, 0.1) is 11.6 Å². The van der Waals surface area contributed by atoms with Gasteiger partial charge in [0, 0.05) is 17.3 Å². The molecule has 1 amide bonds. The summed E-state index contributed by atoms with van der Waals surface area (Å²) in [4.78, 5) is 11.4. The van der Waals surface area contributed by atoms with E-state index in [0.29, 0.717) is 12.1 Å². The third-order valence-electron chi connectivity index (χ3n) is 4.23. The van der Waals surface area contributed by atoms with Crippen LogP contribution in [0.25, 0.3) is 11.1 Å². The van der Waals surface area contributed by atoms with Gasteiger partial charge in [0.15, 0.2) is 5.82 Å². The normalized spacial score (nSPS) is 16.4. The van der Waals surface area contributed by atoms with Crippen LogP contribution in [-0.2, 0) is 22.5 Å². The lowest BCUT2D eigenvalue weighted by Gasteiger charge is -2.17. The fourth-order valence-electron chi connectivity index (χ4n) is 2.92. The Morgan fingerprint density at radius 1 is 1.18 bits per heavy atom. The molecule has 1 fully saturated rings. The number of aromatic hydroxyl groups is 1. The van der Waals surface area contributed by atoms with E-state index in [1.165, 1.54) is 30.5 Å². The average molecular weight is 404 g/mol. The van der Waals surface area contributed by atoms with Gasteiger partial charge in [-0.15, -0.1) is 0 Å². The minimum absolute atomic E-state index is 0.134. The van der Waals surface area contributed by atoms with Gasteiger partial charge in [-0.3, -0.25) is 18.5 Å². The van der Waals surface area contributed by atoms with E-state index in [9.17, 15) is 18.5 Å². The number of anilines is 1. The van der Waals surface area contributed by atoms with Gasteiger partial charge in [-0.2, -0.15) is 5.10 Å². The maximum Gasteiger partial charge on any atom is 0.253 e. The summed E-state index contributed by atoms with van der Waals surface area (Å²) in [5.74, 6) is -2.11. The fraction of sp³-hybridized carbons (Fsp3) is 0.111. The highest BCUT2D eigenvalue weighted by Crippen LogP contribution is 2.38. The second-order valence-corrected chi connectivity index (χ2v) is 7.30. The second-order valence-electron chi connectivity index (χ2n) is 6.16. The number of aromatic nitrogens is 2.